The number of anilines is 2. The van der Waals surface area contributed by atoms with Crippen LogP contribution >= 0.6 is 0 Å². The van der Waals surface area contributed by atoms with E-state index in [1.807, 2.05) is 25.1 Å². The molecule has 0 saturated heterocycles. The van der Waals surface area contributed by atoms with Crippen molar-refractivity contribution in [1.29, 1.82) is 0 Å². The van der Waals surface area contributed by atoms with Crippen molar-refractivity contribution in [3.63, 3.8) is 0 Å². The van der Waals surface area contributed by atoms with Crippen molar-refractivity contribution in [3.05, 3.63) is 47.8 Å². The Hall–Kier alpha value is -2.56. The predicted octanol–water partition coefficient (Wildman–Crippen LogP) is 2.69. The van der Waals surface area contributed by atoms with Crippen LogP contribution < -0.4 is 15.4 Å². The molecule has 0 spiro atoms. The Kier molecular flexibility index (Phi) is 4.20. The second-order valence-electron chi connectivity index (χ2n) is 4.31. The van der Waals surface area contributed by atoms with E-state index in [1.54, 1.807) is 32.5 Å². The summed E-state index contributed by atoms with van der Waals surface area (Å²) in [6.07, 6.45) is 1.57. The standard InChI is InChI=1S/C15H17N3O2/c1-10-7-14(16-2)13(9-17-10)15(19)18-11-5-4-6-12(8-11)20-3/h4-9H,1-3H3,(H,16,17)(H,18,19). The summed E-state index contributed by atoms with van der Waals surface area (Å²) in [4.78, 5) is 16.4. The summed E-state index contributed by atoms with van der Waals surface area (Å²) in [5, 5.41) is 5.83. The molecule has 0 bridgehead atoms. The fourth-order valence-corrected chi connectivity index (χ4v) is 1.85. The third-order valence-corrected chi connectivity index (χ3v) is 2.88. The summed E-state index contributed by atoms with van der Waals surface area (Å²) in [7, 11) is 3.36. The van der Waals surface area contributed by atoms with Gasteiger partial charge in [-0.1, -0.05) is 6.07 Å². The van der Waals surface area contributed by atoms with Crippen LogP contribution in [0.1, 0.15) is 16.1 Å². The van der Waals surface area contributed by atoms with Crippen LogP contribution in [0.3, 0.4) is 0 Å². The normalized spacial score (nSPS) is 9.95. The van der Waals surface area contributed by atoms with Gasteiger partial charge in [-0.25, -0.2) is 0 Å². The lowest BCUT2D eigenvalue weighted by molar-refractivity contribution is 0.102. The molecule has 1 heterocycles. The minimum atomic E-state index is -0.213. The monoisotopic (exact) mass is 271 g/mol. The zero-order valence-electron chi connectivity index (χ0n) is 11.7. The first-order valence-corrected chi connectivity index (χ1v) is 6.24. The van der Waals surface area contributed by atoms with Crippen molar-refractivity contribution < 1.29 is 9.53 Å². The van der Waals surface area contributed by atoms with Gasteiger partial charge in [0.2, 0.25) is 0 Å². The van der Waals surface area contributed by atoms with Gasteiger partial charge in [-0.05, 0) is 25.1 Å². The van der Waals surface area contributed by atoms with E-state index in [0.717, 1.165) is 11.4 Å². The van der Waals surface area contributed by atoms with E-state index < -0.39 is 0 Å². The Bertz CT molecular complexity index is 626. The Morgan fingerprint density at radius 3 is 2.80 bits per heavy atom. The maximum atomic E-state index is 12.3. The molecular formula is C15H17N3O2. The van der Waals surface area contributed by atoms with Crippen molar-refractivity contribution >= 4 is 17.3 Å². The lowest BCUT2D eigenvalue weighted by Crippen LogP contribution is -2.14. The van der Waals surface area contributed by atoms with E-state index >= 15 is 0 Å². The Balaban J connectivity index is 2.23. The van der Waals surface area contributed by atoms with Gasteiger partial charge in [0, 0.05) is 30.7 Å². The number of nitrogens with zero attached hydrogens (tertiary/aromatic N) is 1. The van der Waals surface area contributed by atoms with Crippen molar-refractivity contribution in [2.45, 2.75) is 6.92 Å². The van der Waals surface area contributed by atoms with E-state index in [2.05, 4.69) is 15.6 Å². The Morgan fingerprint density at radius 2 is 2.10 bits per heavy atom. The molecule has 0 atom stereocenters. The molecule has 0 aliphatic carbocycles. The SMILES string of the molecule is CNc1cc(C)ncc1C(=O)Nc1cccc(OC)c1. The molecular weight excluding hydrogens is 254 g/mol. The number of methoxy groups -OCH3 is 1. The number of benzene rings is 1. The number of nitrogens with one attached hydrogen (secondary N) is 2. The van der Waals surface area contributed by atoms with E-state index in [1.165, 1.54) is 0 Å². The van der Waals surface area contributed by atoms with E-state index in [0.29, 0.717) is 17.0 Å². The third-order valence-electron chi connectivity index (χ3n) is 2.88. The zero-order valence-corrected chi connectivity index (χ0v) is 11.7. The molecule has 1 aromatic heterocycles. The van der Waals surface area contributed by atoms with Crippen molar-refractivity contribution in [3.8, 4) is 5.75 Å². The van der Waals surface area contributed by atoms with Gasteiger partial charge in [0.1, 0.15) is 5.75 Å². The molecule has 0 saturated carbocycles. The number of aromatic nitrogens is 1. The number of pyridine rings is 1. The van der Waals surface area contributed by atoms with E-state index in [4.69, 9.17) is 4.74 Å². The minimum absolute atomic E-state index is 0.213. The molecule has 1 amide bonds. The largest absolute Gasteiger partial charge is 0.497 e. The van der Waals surface area contributed by atoms with Gasteiger partial charge in [-0.15, -0.1) is 0 Å². The highest BCUT2D eigenvalue weighted by atomic mass is 16.5. The Morgan fingerprint density at radius 1 is 1.30 bits per heavy atom. The van der Waals surface area contributed by atoms with Gasteiger partial charge in [0.15, 0.2) is 0 Å². The van der Waals surface area contributed by atoms with Gasteiger partial charge >= 0.3 is 0 Å². The van der Waals surface area contributed by atoms with Gasteiger partial charge in [0.25, 0.3) is 5.91 Å². The molecule has 2 rings (SSSR count). The summed E-state index contributed by atoms with van der Waals surface area (Å²) in [5.41, 5.74) is 2.78. The molecule has 2 aromatic rings. The molecule has 0 fully saturated rings. The van der Waals surface area contributed by atoms with Gasteiger partial charge in [-0.3, -0.25) is 9.78 Å². The topological polar surface area (TPSA) is 63.2 Å². The molecule has 20 heavy (non-hydrogen) atoms. The predicted molar refractivity (Wildman–Crippen MR) is 79.5 cm³/mol. The molecule has 0 aliphatic rings. The highest BCUT2D eigenvalue weighted by Gasteiger charge is 2.12. The molecule has 5 heteroatoms. The van der Waals surface area contributed by atoms with Crippen molar-refractivity contribution in [2.75, 3.05) is 24.8 Å². The second-order valence-corrected chi connectivity index (χ2v) is 4.31. The molecule has 0 radical (unpaired) electrons. The molecule has 2 N–H and O–H groups in total. The van der Waals surface area contributed by atoms with Gasteiger partial charge in [-0.2, -0.15) is 0 Å². The number of ether oxygens (including phenoxy) is 1. The molecule has 0 aliphatic heterocycles. The van der Waals surface area contributed by atoms with E-state index in [-0.39, 0.29) is 5.91 Å². The average Bonchev–Trinajstić information content (AvgIpc) is 2.47. The number of amides is 1. The second kappa shape index (κ2) is 6.06. The first-order chi connectivity index (χ1) is 9.63. The van der Waals surface area contributed by atoms with Crippen LogP contribution in [0.2, 0.25) is 0 Å². The fourth-order valence-electron chi connectivity index (χ4n) is 1.85. The van der Waals surface area contributed by atoms with Crippen LogP contribution in [0, 0.1) is 6.92 Å². The number of rotatable bonds is 4. The van der Waals surface area contributed by atoms with Crippen LogP contribution in [-0.4, -0.2) is 25.0 Å². The van der Waals surface area contributed by atoms with Crippen LogP contribution in [-0.2, 0) is 0 Å². The highest BCUT2D eigenvalue weighted by molar-refractivity contribution is 6.07. The fraction of sp³-hybridized carbons (Fsp3) is 0.200. The summed E-state index contributed by atoms with van der Waals surface area (Å²) < 4.78 is 5.13. The smallest absolute Gasteiger partial charge is 0.259 e. The van der Waals surface area contributed by atoms with Crippen LogP contribution in [0.5, 0.6) is 5.75 Å². The number of hydrogen-bond acceptors (Lipinski definition) is 4. The maximum Gasteiger partial charge on any atom is 0.259 e. The van der Waals surface area contributed by atoms with Gasteiger partial charge in [0.05, 0.1) is 18.4 Å². The first kappa shape index (κ1) is 13.9. The highest BCUT2D eigenvalue weighted by Crippen LogP contribution is 2.20. The maximum absolute atomic E-state index is 12.3. The summed E-state index contributed by atoms with van der Waals surface area (Å²) in [6, 6.07) is 9.04. The summed E-state index contributed by atoms with van der Waals surface area (Å²) in [6.45, 7) is 1.88. The average molecular weight is 271 g/mol. The van der Waals surface area contributed by atoms with Crippen molar-refractivity contribution in [1.82, 2.24) is 4.98 Å². The lowest BCUT2D eigenvalue weighted by atomic mass is 10.2. The zero-order chi connectivity index (χ0) is 14.5. The van der Waals surface area contributed by atoms with Crippen LogP contribution in [0.25, 0.3) is 0 Å². The minimum Gasteiger partial charge on any atom is -0.497 e. The van der Waals surface area contributed by atoms with Crippen LogP contribution in [0.4, 0.5) is 11.4 Å². The van der Waals surface area contributed by atoms with E-state index in [9.17, 15) is 4.79 Å². The number of hydrogen-bond donors (Lipinski definition) is 2. The first-order valence-electron chi connectivity index (χ1n) is 6.24. The summed E-state index contributed by atoms with van der Waals surface area (Å²) >= 11 is 0. The molecule has 104 valence electrons. The number of aryl methyl sites for hydroxylation is 1. The molecule has 5 nitrogen and oxygen atoms in total. The number of carbonyl (C=O) groups excluding carboxylic acids is 1. The molecule has 0 unspecified atom stereocenters. The Labute approximate surface area is 118 Å². The van der Waals surface area contributed by atoms with Gasteiger partial charge < -0.3 is 15.4 Å². The molecule has 1 aromatic carbocycles. The summed E-state index contributed by atoms with van der Waals surface area (Å²) in [5.74, 6) is 0.480. The quantitative estimate of drug-likeness (QED) is 0.897. The third kappa shape index (κ3) is 3.06. The van der Waals surface area contributed by atoms with Crippen molar-refractivity contribution in [2.24, 2.45) is 0 Å². The number of carbonyl (C=O) groups is 1. The lowest BCUT2D eigenvalue weighted by Gasteiger charge is -2.10. The van der Waals surface area contributed by atoms with Crippen LogP contribution in [0.15, 0.2) is 36.5 Å².